The summed E-state index contributed by atoms with van der Waals surface area (Å²) in [4.78, 5) is 26.6. The molecule has 1 atom stereocenters. The van der Waals surface area contributed by atoms with E-state index in [1.165, 1.54) is 11.9 Å². The average molecular weight is 400 g/mol. The van der Waals surface area contributed by atoms with E-state index >= 15 is 0 Å². The molecule has 0 spiro atoms. The third-order valence-electron chi connectivity index (χ3n) is 4.11. The van der Waals surface area contributed by atoms with Gasteiger partial charge >= 0.3 is 0 Å². The van der Waals surface area contributed by atoms with Crippen LogP contribution >= 0.6 is 0 Å². The van der Waals surface area contributed by atoms with Crippen LogP contribution in [0.15, 0.2) is 30.3 Å². The van der Waals surface area contributed by atoms with Gasteiger partial charge in [0, 0.05) is 33.9 Å². The maximum absolute atomic E-state index is 12.7. The Balaban J connectivity index is 2.89. The van der Waals surface area contributed by atoms with Crippen LogP contribution in [0.25, 0.3) is 0 Å². The molecule has 0 aliphatic rings. The molecule has 0 heterocycles. The van der Waals surface area contributed by atoms with Crippen molar-refractivity contribution in [3.05, 3.63) is 35.9 Å². The number of nitrogens with zero attached hydrogens (tertiary/aromatic N) is 2. The monoisotopic (exact) mass is 399 g/mol. The quantitative estimate of drug-likeness (QED) is 0.545. The van der Waals surface area contributed by atoms with E-state index in [1.807, 2.05) is 30.3 Å². The van der Waals surface area contributed by atoms with Crippen LogP contribution in [-0.4, -0.2) is 75.6 Å². The molecule has 1 N–H and O–H groups in total. The maximum Gasteiger partial charge on any atom is 0.242 e. The van der Waals surface area contributed by atoms with E-state index in [4.69, 9.17) is 4.74 Å². The van der Waals surface area contributed by atoms with Crippen molar-refractivity contribution in [1.82, 2.24) is 14.5 Å². The molecule has 27 heavy (non-hydrogen) atoms. The molecule has 0 bridgehead atoms. The summed E-state index contributed by atoms with van der Waals surface area (Å²) in [6, 6.07) is 8.51. The number of hydrogen-bond acceptors (Lipinski definition) is 5. The smallest absolute Gasteiger partial charge is 0.242 e. The van der Waals surface area contributed by atoms with Crippen molar-refractivity contribution in [3.8, 4) is 0 Å². The number of benzene rings is 1. The Bertz CT molecular complexity index is 709. The lowest BCUT2D eigenvalue weighted by Gasteiger charge is -2.30. The van der Waals surface area contributed by atoms with E-state index in [0.29, 0.717) is 19.6 Å². The summed E-state index contributed by atoms with van der Waals surface area (Å²) in [5.41, 5.74) is 0.854. The lowest BCUT2D eigenvalue weighted by molar-refractivity contribution is -0.140. The fourth-order valence-corrected chi connectivity index (χ4v) is 2.68. The lowest BCUT2D eigenvalue weighted by atomic mass is 10.1. The summed E-state index contributed by atoms with van der Waals surface area (Å²) in [7, 11) is -0.576. The summed E-state index contributed by atoms with van der Waals surface area (Å²) < 4.78 is 29.2. The second-order valence-electron chi connectivity index (χ2n) is 6.34. The molecule has 9 heteroatoms. The summed E-state index contributed by atoms with van der Waals surface area (Å²) in [6.07, 6.45) is 1.70. The Morgan fingerprint density at radius 1 is 1.22 bits per heavy atom. The van der Waals surface area contributed by atoms with E-state index < -0.39 is 22.0 Å². The van der Waals surface area contributed by atoms with Gasteiger partial charge in [-0.1, -0.05) is 30.3 Å². The molecule has 0 aromatic heterocycles. The first-order valence-electron chi connectivity index (χ1n) is 8.68. The summed E-state index contributed by atoms with van der Waals surface area (Å²) in [6.45, 7) is 2.48. The number of ether oxygens (including phenoxy) is 1. The predicted molar refractivity (Wildman–Crippen MR) is 103 cm³/mol. The van der Waals surface area contributed by atoms with Crippen molar-refractivity contribution in [2.24, 2.45) is 0 Å². The molecular formula is C18H29N3O5S. The van der Waals surface area contributed by atoms with E-state index in [-0.39, 0.29) is 19.0 Å². The van der Waals surface area contributed by atoms with Gasteiger partial charge in [0.1, 0.15) is 6.04 Å². The number of sulfonamides is 1. The highest BCUT2D eigenvalue weighted by atomic mass is 32.2. The maximum atomic E-state index is 12.7. The molecule has 0 unspecified atom stereocenters. The first-order chi connectivity index (χ1) is 12.7. The zero-order valence-electron chi connectivity index (χ0n) is 16.3. The number of hydrogen-bond donors (Lipinski definition) is 1. The molecule has 1 aromatic carbocycles. The number of rotatable bonds is 11. The van der Waals surface area contributed by atoms with Crippen LogP contribution in [-0.2, 0) is 30.9 Å². The van der Waals surface area contributed by atoms with Crippen molar-refractivity contribution in [3.63, 3.8) is 0 Å². The molecule has 0 aliphatic carbocycles. The number of carbonyl (C=O) groups excluding carboxylic acids is 2. The molecule has 152 valence electrons. The first-order valence-corrected chi connectivity index (χ1v) is 10.5. The molecule has 0 saturated heterocycles. The van der Waals surface area contributed by atoms with Gasteiger partial charge in [0.2, 0.25) is 21.8 Å². The van der Waals surface area contributed by atoms with E-state index in [0.717, 1.165) is 16.1 Å². The number of nitrogens with one attached hydrogen (secondary N) is 1. The normalized spacial score (nSPS) is 12.6. The highest BCUT2D eigenvalue weighted by Crippen LogP contribution is 2.10. The SMILES string of the molecule is COCCCNC(=O)[C@@H](C)N(Cc1ccccc1)C(=O)CN(C)S(C)(=O)=O. The Kier molecular flexibility index (Phi) is 9.40. The number of methoxy groups -OCH3 is 1. The summed E-state index contributed by atoms with van der Waals surface area (Å²) in [5.74, 6) is -0.733. The fourth-order valence-electron chi connectivity index (χ4n) is 2.34. The Morgan fingerprint density at radius 2 is 1.85 bits per heavy atom. The third kappa shape index (κ3) is 8.06. The van der Waals surface area contributed by atoms with Gasteiger partial charge in [-0.25, -0.2) is 8.42 Å². The van der Waals surface area contributed by atoms with E-state index in [2.05, 4.69) is 5.32 Å². The van der Waals surface area contributed by atoms with Crippen LogP contribution in [0.3, 0.4) is 0 Å². The van der Waals surface area contributed by atoms with Gasteiger partial charge in [0.15, 0.2) is 0 Å². The molecule has 8 nitrogen and oxygen atoms in total. The molecule has 2 amide bonds. The van der Waals surface area contributed by atoms with Gasteiger partial charge < -0.3 is 15.0 Å². The zero-order chi connectivity index (χ0) is 20.4. The molecule has 0 aliphatic heterocycles. The van der Waals surface area contributed by atoms with Gasteiger partial charge in [-0.15, -0.1) is 0 Å². The predicted octanol–water partition coefficient (Wildman–Crippen LogP) is 0.448. The van der Waals surface area contributed by atoms with Gasteiger partial charge in [-0.05, 0) is 18.9 Å². The first kappa shape index (κ1) is 23.1. The van der Waals surface area contributed by atoms with Gasteiger partial charge in [-0.2, -0.15) is 4.31 Å². The van der Waals surface area contributed by atoms with Crippen LogP contribution in [0.5, 0.6) is 0 Å². The van der Waals surface area contributed by atoms with E-state index in [1.54, 1.807) is 14.0 Å². The van der Waals surface area contributed by atoms with Crippen LogP contribution in [0.1, 0.15) is 18.9 Å². The summed E-state index contributed by atoms with van der Waals surface area (Å²) >= 11 is 0. The fraction of sp³-hybridized carbons (Fsp3) is 0.556. The molecular weight excluding hydrogens is 370 g/mol. The van der Waals surface area contributed by atoms with Gasteiger partial charge in [0.25, 0.3) is 0 Å². The Labute approximate surface area is 161 Å². The molecule has 1 rings (SSSR count). The zero-order valence-corrected chi connectivity index (χ0v) is 17.2. The Morgan fingerprint density at radius 3 is 2.41 bits per heavy atom. The lowest BCUT2D eigenvalue weighted by Crippen LogP contribution is -2.50. The second kappa shape index (κ2) is 11.0. The minimum Gasteiger partial charge on any atom is -0.385 e. The summed E-state index contributed by atoms with van der Waals surface area (Å²) in [5, 5.41) is 2.78. The molecule has 0 fully saturated rings. The van der Waals surface area contributed by atoms with Crippen LogP contribution in [0.4, 0.5) is 0 Å². The van der Waals surface area contributed by atoms with Gasteiger partial charge in [-0.3, -0.25) is 9.59 Å². The number of carbonyl (C=O) groups is 2. The average Bonchev–Trinajstić information content (AvgIpc) is 2.62. The second-order valence-corrected chi connectivity index (χ2v) is 8.43. The molecule has 0 radical (unpaired) electrons. The van der Waals surface area contributed by atoms with Crippen LogP contribution in [0.2, 0.25) is 0 Å². The van der Waals surface area contributed by atoms with Crippen LogP contribution in [0, 0.1) is 0 Å². The Hall–Kier alpha value is -1.97. The number of amides is 2. The molecule has 0 saturated carbocycles. The number of likely N-dealkylation sites (N-methyl/N-ethyl adjacent to an activating group) is 1. The van der Waals surface area contributed by atoms with Crippen molar-refractivity contribution in [2.75, 3.05) is 40.1 Å². The van der Waals surface area contributed by atoms with E-state index in [9.17, 15) is 18.0 Å². The topological polar surface area (TPSA) is 96.0 Å². The minimum atomic E-state index is -3.50. The highest BCUT2D eigenvalue weighted by Gasteiger charge is 2.28. The minimum absolute atomic E-state index is 0.212. The van der Waals surface area contributed by atoms with Crippen molar-refractivity contribution in [2.45, 2.75) is 25.9 Å². The standard InChI is InChI=1S/C18H29N3O5S/c1-15(18(23)19-11-8-12-26-3)21(13-16-9-6-5-7-10-16)17(22)14-20(2)27(4,24)25/h5-7,9-10,15H,8,11-14H2,1-4H3,(H,19,23)/t15-/m1/s1. The molecule has 1 aromatic rings. The van der Waals surface area contributed by atoms with Crippen LogP contribution < -0.4 is 5.32 Å². The van der Waals surface area contributed by atoms with Crippen molar-refractivity contribution < 1.29 is 22.7 Å². The van der Waals surface area contributed by atoms with Gasteiger partial charge in [0.05, 0.1) is 12.8 Å². The van der Waals surface area contributed by atoms with Crippen molar-refractivity contribution >= 4 is 21.8 Å². The third-order valence-corrected chi connectivity index (χ3v) is 5.37. The van der Waals surface area contributed by atoms with Crippen molar-refractivity contribution in [1.29, 1.82) is 0 Å². The highest BCUT2D eigenvalue weighted by molar-refractivity contribution is 7.88. The largest absolute Gasteiger partial charge is 0.385 e.